The Morgan fingerprint density at radius 3 is 2.64 bits per heavy atom. The molecule has 14 heavy (non-hydrogen) atoms. The van der Waals surface area contributed by atoms with Crippen LogP contribution in [0.4, 0.5) is 4.79 Å². The molecule has 0 radical (unpaired) electrons. The van der Waals surface area contributed by atoms with Crippen LogP contribution in [0.1, 0.15) is 13.3 Å². The number of urea groups is 1. The molecule has 6 heteroatoms. The highest BCUT2D eigenvalue weighted by molar-refractivity contribution is 6.06. The summed E-state index contributed by atoms with van der Waals surface area (Å²) in [7, 11) is 1.41. The third-order valence-electron chi connectivity index (χ3n) is 2.02. The first-order valence-electron chi connectivity index (χ1n) is 4.41. The zero-order valence-electron chi connectivity index (χ0n) is 8.16. The SMILES string of the molecule is CCNC(=O)NC1CC(=O)N(C)C1=O. The van der Waals surface area contributed by atoms with Crippen molar-refractivity contribution in [3.8, 4) is 0 Å². The van der Waals surface area contributed by atoms with Crippen molar-refractivity contribution in [2.45, 2.75) is 19.4 Å². The molecular formula is C8H13N3O3. The van der Waals surface area contributed by atoms with E-state index in [0.29, 0.717) is 6.54 Å². The van der Waals surface area contributed by atoms with Crippen LogP contribution in [-0.4, -0.2) is 42.4 Å². The van der Waals surface area contributed by atoms with Gasteiger partial charge in [-0.3, -0.25) is 14.5 Å². The van der Waals surface area contributed by atoms with Crippen LogP contribution in [0, 0.1) is 0 Å². The zero-order chi connectivity index (χ0) is 10.7. The van der Waals surface area contributed by atoms with Crippen LogP contribution in [0.15, 0.2) is 0 Å². The van der Waals surface area contributed by atoms with E-state index in [0.717, 1.165) is 4.90 Å². The molecule has 0 spiro atoms. The number of carbonyl (C=O) groups excluding carboxylic acids is 3. The molecular weight excluding hydrogens is 186 g/mol. The maximum absolute atomic E-state index is 11.3. The van der Waals surface area contributed by atoms with Crippen molar-refractivity contribution in [2.24, 2.45) is 0 Å². The molecule has 1 heterocycles. The lowest BCUT2D eigenvalue weighted by Gasteiger charge is -2.10. The average molecular weight is 199 g/mol. The van der Waals surface area contributed by atoms with E-state index in [2.05, 4.69) is 10.6 Å². The molecule has 0 aromatic rings. The third-order valence-corrected chi connectivity index (χ3v) is 2.02. The smallest absolute Gasteiger partial charge is 0.315 e. The van der Waals surface area contributed by atoms with Crippen LogP contribution in [-0.2, 0) is 9.59 Å². The number of amides is 4. The van der Waals surface area contributed by atoms with E-state index in [1.807, 2.05) is 0 Å². The second-order valence-electron chi connectivity index (χ2n) is 3.05. The molecule has 1 rings (SSSR count). The fourth-order valence-electron chi connectivity index (χ4n) is 1.24. The molecule has 1 saturated heterocycles. The summed E-state index contributed by atoms with van der Waals surface area (Å²) in [5.41, 5.74) is 0. The second kappa shape index (κ2) is 4.08. The van der Waals surface area contributed by atoms with Crippen LogP contribution >= 0.6 is 0 Å². The highest BCUT2D eigenvalue weighted by atomic mass is 16.2. The van der Waals surface area contributed by atoms with Crippen molar-refractivity contribution in [3.63, 3.8) is 0 Å². The van der Waals surface area contributed by atoms with Crippen molar-refractivity contribution >= 4 is 17.8 Å². The van der Waals surface area contributed by atoms with Gasteiger partial charge in [-0.15, -0.1) is 0 Å². The largest absolute Gasteiger partial charge is 0.338 e. The Kier molecular flexibility index (Phi) is 3.06. The maximum atomic E-state index is 11.3. The zero-order valence-corrected chi connectivity index (χ0v) is 8.16. The summed E-state index contributed by atoms with van der Waals surface area (Å²) in [6.45, 7) is 2.25. The molecule has 4 amide bonds. The van der Waals surface area contributed by atoms with Crippen molar-refractivity contribution in [2.75, 3.05) is 13.6 Å². The minimum atomic E-state index is -0.709. The molecule has 0 aromatic heterocycles. The number of nitrogens with one attached hydrogen (secondary N) is 2. The van der Waals surface area contributed by atoms with Gasteiger partial charge >= 0.3 is 6.03 Å². The summed E-state index contributed by atoms with van der Waals surface area (Å²) in [6, 6.07) is -1.13. The lowest BCUT2D eigenvalue weighted by atomic mass is 10.2. The topological polar surface area (TPSA) is 78.5 Å². The van der Waals surface area contributed by atoms with Crippen molar-refractivity contribution < 1.29 is 14.4 Å². The Morgan fingerprint density at radius 2 is 2.21 bits per heavy atom. The molecule has 6 nitrogen and oxygen atoms in total. The summed E-state index contributed by atoms with van der Waals surface area (Å²) in [6.07, 6.45) is 0.0481. The monoisotopic (exact) mass is 199 g/mol. The minimum absolute atomic E-state index is 0.0481. The predicted molar refractivity (Wildman–Crippen MR) is 48.4 cm³/mol. The van der Waals surface area contributed by atoms with Crippen LogP contribution < -0.4 is 10.6 Å². The van der Waals surface area contributed by atoms with Gasteiger partial charge in [0.25, 0.3) is 5.91 Å². The van der Waals surface area contributed by atoms with Crippen LogP contribution in [0.2, 0.25) is 0 Å². The van der Waals surface area contributed by atoms with Gasteiger partial charge in [0.15, 0.2) is 0 Å². The van der Waals surface area contributed by atoms with Gasteiger partial charge in [0.2, 0.25) is 5.91 Å². The number of rotatable bonds is 2. The number of carbonyl (C=O) groups is 3. The quantitative estimate of drug-likeness (QED) is 0.563. The summed E-state index contributed by atoms with van der Waals surface area (Å²) >= 11 is 0. The minimum Gasteiger partial charge on any atom is -0.338 e. The summed E-state index contributed by atoms with van der Waals surface area (Å²) < 4.78 is 0. The van der Waals surface area contributed by atoms with E-state index in [1.54, 1.807) is 6.92 Å². The first-order chi connectivity index (χ1) is 6.56. The van der Waals surface area contributed by atoms with E-state index in [1.165, 1.54) is 7.05 Å². The Hall–Kier alpha value is -1.59. The second-order valence-corrected chi connectivity index (χ2v) is 3.05. The third kappa shape index (κ3) is 2.01. The highest BCUT2D eigenvalue weighted by Gasteiger charge is 2.36. The Morgan fingerprint density at radius 1 is 1.57 bits per heavy atom. The normalized spacial score (nSPS) is 21.3. The van der Waals surface area contributed by atoms with Gasteiger partial charge in [-0.1, -0.05) is 0 Å². The standard InChI is InChI=1S/C8H13N3O3/c1-3-9-8(14)10-5-4-6(12)11(2)7(5)13/h5H,3-4H2,1-2H3,(H2,9,10,14). The Labute approximate surface area is 81.6 Å². The molecule has 1 aliphatic heterocycles. The molecule has 1 atom stereocenters. The number of hydrogen-bond donors (Lipinski definition) is 2. The molecule has 0 aliphatic carbocycles. The van der Waals surface area contributed by atoms with Gasteiger partial charge in [0.05, 0.1) is 6.42 Å². The van der Waals surface area contributed by atoms with Gasteiger partial charge in [-0.25, -0.2) is 4.79 Å². The van der Waals surface area contributed by atoms with Crippen LogP contribution in [0.25, 0.3) is 0 Å². The number of likely N-dealkylation sites (tertiary alicyclic amines) is 1. The molecule has 1 fully saturated rings. The number of likely N-dealkylation sites (N-methyl/N-ethyl adjacent to an activating group) is 1. The van der Waals surface area contributed by atoms with E-state index in [9.17, 15) is 14.4 Å². The molecule has 78 valence electrons. The van der Waals surface area contributed by atoms with Crippen molar-refractivity contribution in [1.29, 1.82) is 0 Å². The van der Waals surface area contributed by atoms with E-state index in [-0.39, 0.29) is 18.2 Å². The number of nitrogens with zero attached hydrogens (tertiary/aromatic N) is 1. The fraction of sp³-hybridized carbons (Fsp3) is 0.625. The molecule has 1 aliphatic rings. The molecule has 2 N–H and O–H groups in total. The lowest BCUT2D eigenvalue weighted by Crippen LogP contribution is -2.45. The summed E-state index contributed by atoms with van der Waals surface area (Å²) in [4.78, 5) is 34.5. The summed E-state index contributed by atoms with van der Waals surface area (Å²) in [5, 5.41) is 4.92. The van der Waals surface area contributed by atoms with E-state index < -0.39 is 12.1 Å². The lowest BCUT2D eigenvalue weighted by molar-refractivity contribution is -0.137. The molecule has 0 saturated carbocycles. The van der Waals surface area contributed by atoms with Gasteiger partial charge in [-0.05, 0) is 6.92 Å². The van der Waals surface area contributed by atoms with Crippen LogP contribution in [0.3, 0.4) is 0 Å². The van der Waals surface area contributed by atoms with Crippen molar-refractivity contribution in [3.05, 3.63) is 0 Å². The molecule has 0 bridgehead atoms. The predicted octanol–water partition coefficient (Wildman–Crippen LogP) is -0.937. The van der Waals surface area contributed by atoms with E-state index >= 15 is 0 Å². The number of imide groups is 1. The summed E-state index contributed by atoms with van der Waals surface area (Å²) in [5.74, 6) is -0.627. The molecule has 0 aromatic carbocycles. The van der Waals surface area contributed by atoms with E-state index in [4.69, 9.17) is 0 Å². The maximum Gasteiger partial charge on any atom is 0.315 e. The van der Waals surface area contributed by atoms with Crippen LogP contribution in [0.5, 0.6) is 0 Å². The first kappa shape index (κ1) is 10.5. The van der Waals surface area contributed by atoms with Gasteiger partial charge in [0.1, 0.15) is 6.04 Å². The molecule has 1 unspecified atom stereocenters. The fourth-order valence-corrected chi connectivity index (χ4v) is 1.24. The van der Waals surface area contributed by atoms with Gasteiger partial charge in [-0.2, -0.15) is 0 Å². The van der Waals surface area contributed by atoms with Gasteiger partial charge in [0, 0.05) is 13.6 Å². The van der Waals surface area contributed by atoms with Gasteiger partial charge < -0.3 is 10.6 Å². The Bertz CT molecular complexity index is 277. The number of hydrogen-bond acceptors (Lipinski definition) is 3. The first-order valence-corrected chi connectivity index (χ1v) is 4.41. The van der Waals surface area contributed by atoms with Crippen molar-refractivity contribution in [1.82, 2.24) is 15.5 Å². The Balaban J connectivity index is 2.51. The average Bonchev–Trinajstić information content (AvgIpc) is 2.34. The highest BCUT2D eigenvalue weighted by Crippen LogP contribution is 2.09.